The molecule has 1 aliphatic rings. The maximum Gasteiger partial charge on any atom is 0.269 e. The average Bonchev–Trinajstić information content (AvgIpc) is 3.32. The number of fused-ring (bicyclic) bond motifs is 1. The van der Waals surface area contributed by atoms with Crippen LogP contribution in [-0.2, 0) is 4.79 Å². The first-order chi connectivity index (χ1) is 17.0. The molecule has 1 saturated heterocycles. The number of ether oxygens (including phenoxy) is 1. The van der Waals surface area contributed by atoms with Crippen molar-refractivity contribution in [1.29, 1.82) is 0 Å². The van der Waals surface area contributed by atoms with Crippen molar-refractivity contribution in [3.63, 3.8) is 0 Å². The zero-order valence-electron chi connectivity index (χ0n) is 18.5. The molecule has 12 heteroatoms. The van der Waals surface area contributed by atoms with Crippen LogP contribution in [0.1, 0.15) is 0 Å². The lowest BCUT2D eigenvalue weighted by atomic mass is 10.2. The fourth-order valence-electron chi connectivity index (χ4n) is 3.95. The highest BCUT2D eigenvalue weighted by molar-refractivity contribution is 6.30. The van der Waals surface area contributed by atoms with Crippen molar-refractivity contribution in [2.45, 2.75) is 0 Å². The van der Waals surface area contributed by atoms with Crippen LogP contribution < -0.4 is 9.64 Å². The van der Waals surface area contributed by atoms with E-state index in [4.69, 9.17) is 16.3 Å². The summed E-state index contributed by atoms with van der Waals surface area (Å²) in [6, 6.07) is 13.0. The number of non-ortho nitro benzene ring substituents is 1. The number of hydrogen-bond donors (Lipinski definition) is 0. The molecule has 1 aliphatic heterocycles. The summed E-state index contributed by atoms with van der Waals surface area (Å²) in [5.41, 5.74) is 1.45. The first-order valence-corrected chi connectivity index (χ1v) is 11.2. The molecule has 2 aromatic carbocycles. The van der Waals surface area contributed by atoms with Gasteiger partial charge in [0.15, 0.2) is 12.3 Å². The monoisotopic (exact) mass is 493 g/mol. The Hall–Kier alpha value is -4.25. The summed E-state index contributed by atoms with van der Waals surface area (Å²) < 4.78 is 7.23. The van der Waals surface area contributed by atoms with E-state index in [1.807, 2.05) is 18.2 Å². The zero-order chi connectivity index (χ0) is 24.4. The Labute approximate surface area is 204 Å². The SMILES string of the molecule is O=C(COc1ccc([N+](=O)[O-])cc1)N1CCN(c2ncnc3c2cnn3-c2cccc(Cl)c2)CC1. The van der Waals surface area contributed by atoms with Gasteiger partial charge in [-0.1, -0.05) is 17.7 Å². The van der Waals surface area contributed by atoms with Gasteiger partial charge in [-0.3, -0.25) is 14.9 Å². The fourth-order valence-corrected chi connectivity index (χ4v) is 4.13. The van der Waals surface area contributed by atoms with Crippen molar-refractivity contribution in [2.75, 3.05) is 37.7 Å². The van der Waals surface area contributed by atoms with Gasteiger partial charge in [0.1, 0.15) is 17.9 Å². The van der Waals surface area contributed by atoms with Gasteiger partial charge in [-0.2, -0.15) is 5.10 Å². The van der Waals surface area contributed by atoms with Crippen LogP contribution in [0.5, 0.6) is 5.75 Å². The number of carbonyl (C=O) groups excluding carboxylic acids is 1. The van der Waals surface area contributed by atoms with E-state index < -0.39 is 4.92 Å². The number of nitro groups is 1. The quantitative estimate of drug-likeness (QED) is 0.297. The van der Waals surface area contributed by atoms with Crippen molar-refractivity contribution in [1.82, 2.24) is 24.6 Å². The summed E-state index contributed by atoms with van der Waals surface area (Å²) in [5.74, 6) is 1.02. The van der Waals surface area contributed by atoms with Crippen LogP contribution in [0.4, 0.5) is 11.5 Å². The fraction of sp³-hybridized carbons (Fsp3) is 0.217. The summed E-state index contributed by atoms with van der Waals surface area (Å²) in [6.45, 7) is 2.07. The van der Waals surface area contributed by atoms with Crippen LogP contribution in [0.25, 0.3) is 16.7 Å². The molecule has 0 radical (unpaired) electrons. The molecular formula is C23H20ClN7O4. The van der Waals surface area contributed by atoms with E-state index in [1.54, 1.807) is 21.8 Å². The second-order valence-electron chi connectivity index (χ2n) is 7.88. The summed E-state index contributed by atoms with van der Waals surface area (Å²) in [6.07, 6.45) is 3.25. The van der Waals surface area contributed by atoms with Crippen LogP contribution in [0.2, 0.25) is 5.02 Å². The predicted octanol–water partition coefficient (Wildman–Crippen LogP) is 3.10. The first-order valence-electron chi connectivity index (χ1n) is 10.8. The molecule has 0 unspecified atom stereocenters. The highest BCUT2D eigenvalue weighted by Crippen LogP contribution is 2.26. The van der Waals surface area contributed by atoms with Crippen LogP contribution in [0.3, 0.4) is 0 Å². The standard InChI is InChI=1S/C23H20ClN7O4/c24-16-2-1-3-18(12-16)30-23-20(13-27-30)22(25-15-26-23)29-10-8-28(9-11-29)21(32)14-35-19-6-4-17(5-7-19)31(33)34/h1-7,12-13,15H,8-11,14H2. The van der Waals surface area contributed by atoms with Crippen LogP contribution in [0.15, 0.2) is 61.1 Å². The lowest BCUT2D eigenvalue weighted by molar-refractivity contribution is -0.384. The minimum atomic E-state index is -0.484. The highest BCUT2D eigenvalue weighted by Gasteiger charge is 2.24. The third-order valence-electron chi connectivity index (χ3n) is 5.74. The summed E-state index contributed by atoms with van der Waals surface area (Å²) in [4.78, 5) is 35.6. The molecule has 35 heavy (non-hydrogen) atoms. The molecule has 0 saturated carbocycles. The number of carbonyl (C=O) groups is 1. The summed E-state index contributed by atoms with van der Waals surface area (Å²) in [5, 5.41) is 16.7. The van der Waals surface area contributed by atoms with E-state index in [2.05, 4.69) is 20.0 Å². The Morgan fingerprint density at radius 2 is 1.86 bits per heavy atom. The van der Waals surface area contributed by atoms with E-state index >= 15 is 0 Å². The number of anilines is 1. The second-order valence-corrected chi connectivity index (χ2v) is 8.31. The number of amides is 1. The number of benzene rings is 2. The smallest absolute Gasteiger partial charge is 0.269 e. The molecule has 11 nitrogen and oxygen atoms in total. The van der Waals surface area contributed by atoms with Gasteiger partial charge in [0, 0.05) is 43.3 Å². The van der Waals surface area contributed by atoms with Crippen LogP contribution >= 0.6 is 11.6 Å². The van der Waals surface area contributed by atoms with Crippen molar-refractivity contribution < 1.29 is 14.5 Å². The number of piperazine rings is 1. The number of aromatic nitrogens is 4. The van der Waals surface area contributed by atoms with E-state index in [9.17, 15) is 14.9 Å². The summed E-state index contributed by atoms with van der Waals surface area (Å²) >= 11 is 6.13. The molecule has 0 bridgehead atoms. The maximum atomic E-state index is 12.6. The third kappa shape index (κ3) is 4.71. The Morgan fingerprint density at radius 3 is 2.57 bits per heavy atom. The minimum absolute atomic E-state index is 0.0308. The molecular weight excluding hydrogens is 474 g/mol. The minimum Gasteiger partial charge on any atom is -0.484 e. The number of hydrogen-bond acceptors (Lipinski definition) is 8. The van der Waals surface area contributed by atoms with E-state index in [0.29, 0.717) is 42.6 Å². The van der Waals surface area contributed by atoms with Crippen molar-refractivity contribution in [3.8, 4) is 11.4 Å². The molecule has 1 amide bonds. The number of nitro benzene ring substituents is 1. The molecule has 178 valence electrons. The van der Waals surface area contributed by atoms with Gasteiger partial charge in [0.2, 0.25) is 0 Å². The van der Waals surface area contributed by atoms with Gasteiger partial charge >= 0.3 is 0 Å². The summed E-state index contributed by atoms with van der Waals surface area (Å²) in [7, 11) is 0. The Kier molecular flexibility index (Phi) is 6.15. The molecule has 5 rings (SSSR count). The molecule has 0 atom stereocenters. The lowest BCUT2D eigenvalue weighted by Gasteiger charge is -2.35. The molecule has 0 spiro atoms. The number of rotatable bonds is 6. The Balaban J connectivity index is 1.23. The lowest BCUT2D eigenvalue weighted by Crippen LogP contribution is -2.50. The average molecular weight is 494 g/mol. The van der Waals surface area contributed by atoms with Crippen LogP contribution in [0, 0.1) is 10.1 Å². The van der Waals surface area contributed by atoms with E-state index in [0.717, 1.165) is 16.9 Å². The van der Waals surface area contributed by atoms with Gasteiger partial charge in [-0.05, 0) is 30.3 Å². The van der Waals surface area contributed by atoms with Crippen LogP contribution in [-0.4, -0.2) is 68.3 Å². The van der Waals surface area contributed by atoms with Crippen molar-refractivity contribution in [3.05, 3.63) is 76.2 Å². The molecule has 0 N–H and O–H groups in total. The second kappa shape index (κ2) is 9.55. The van der Waals surface area contributed by atoms with Gasteiger partial charge in [0.25, 0.3) is 11.6 Å². The van der Waals surface area contributed by atoms with Gasteiger partial charge in [-0.25, -0.2) is 14.6 Å². The number of nitrogens with zero attached hydrogens (tertiary/aromatic N) is 7. The van der Waals surface area contributed by atoms with Gasteiger partial charge < -0.3 is 14.5 Å². The normalized spacial score (nSPS) is 13.7. The molecule has 0 aliphatic carbocycles. The van der Waals surface area contributed by atoms with E-state index in [1.165, 1.54) is 30.6 Å². The Morgan fingerprint density at radius 1 is 1.09 bits per heavy atom. The topological polar surface area (TPSA) is 120 Å². The molecule has 4 aromatic rings. The van der Waals surface area contributed by atoms with Gasteiger partial charge in [0.05, 0.1) is 22.2 Å². The van der Waals surface area contributed by atoms with E-state index in [-0.39, 0.29) is 18.2 Å². The predicted molar refractivity (Wildman–Crippen MR) is 129 cm³/mol. The van der Waals surface area contributed by atoms with Crippen molar-refractivity contribution >= 4 is 40.0 Å². The number of halogens is 1. The van der Waals surface area contributed by atoms with Gasteiger partial charge in [-0.15, -0.1) is 0 Å². The first kappa shape index (κ1) is 22.5. The third-order valence-corrected chi connectivity index (χ3v) is 5.97. The highest BCUT2D eigenvalue weighted by atomic mass is 35.5. The Bertz CT molecular complexity index is 1380. The molecule has 3 heterocycles. The largest absolute Gasteiger partial charge is 0.484 e. The van der Waals surface area contributed by atoms with Crippen molar-refractivity contribution in [2.24, 2.45) is 0 Å². The molecule has 1 fully saturated rings. The maximum absolute atomic E-state index is 12.6. The molecule has 2 aromatic heterocycles. The zero-order valence-corrected chi connectivity index (χ0v) is 19.2.